The van der Waals surface area contributed by atoms with Crippen molar-refractivity contribution in [2.45, 2.75) is 23.2 Å². The molecule has 106 valence electrons. The Hall–Kier alpha value is -1.18. The Bertz CT molecular complexity index is 414. The van der Waals surface area contributed by atoms with Gasteiger partial charge in [0.05, 0.1) is 18.2 Å². The minimum Gasteiger partial charge on any atom is -0.380 e. The molecule has 1 aromatic carbocycles. The molecule has 0 bridgehead atoms. The van der Waals surface area contributed by atoms with Gasteiger partial charge in [0.1, 0.15) is 0 Å². The van der Waals surface area contributed by atoms with Gasteiger partial charge in [-0.3, -0.25) is 4.79 Å². The summed E-state index contributed by atoms with van der Waals surface area (Å²) in [5.74, 6) is -2.85. The van der Waals surface area contributed by atoms with Crippen molar-refractivity contribution in [1.29, 1.82) is 0 Å². The Balaban J connectivity index is 2.68. The third kappa shape index (κ3) is 5.54. The number of methoxy groups -OCH3 is 1. The van der Waals surface area contributed by atoms with Crippen LogP contribution in [-0.2, 0) is 9.53 Å². The summed E-state index contributed by atoms with van der Waals surface area (Å²) in [5.41, 5.74) is 5.78. The number of hydrogen-bond acceptors (Lipinski definition) is 4. The van der Waals surface area contributed by atoms with E-state index in [1.165, 1.54) is 13.2 Å². The molecule has 0 fully saturated rings. The van der Waals surface area contributed by atoms with Gasteiger partial charge in [0, 0.05) is 18.6 Å². The zero-order valence-electron chi connectivity index (χ0n) is 10.4. The fourth-order valence-corrected chi connectivity index (χ4v) is 2.03. The van der Waals surface area contributed by atoms with Crippen LogP contribution in [0.25, 0.3) is 0 Å². The van der Waals surface area contributed by atoms with Crippen LogP contribution in [0.1, 0.15) is 6.42 Å². The van der Waals surface area contributed by atoms with Crippen molar-refractivity contribution < 1.29 is 18.3 Å². The van der Waals surface area contributed by atoms with Gasteiger partial charge < -0.3 is 15.8 Å². The minimum atomic E-state index is -2.53. The van der Waals surface area contributed by atoms with E-state index < -0.39 is 5.76 Å². The molecule has 0 saturated heterocycles. The number of ether oxygens (including phenoxy) is 1. The molecule has 0 heterocycles. The lowest BCUT2D eigenvalue weighted by Crippen LogP contribution is -2.28. The summed E-state index contributed by atoms with van der Waals surface area (Å²) in [5, 5.41) is 2.59. The number of carbonyl (C=O) groups excluding carboxylic acids is 1. The van der Waals surface area contributed by atoms with Crippen molar-refractivity contribution >= 4 is 23.4 Å². The molecular weight excluding hydrogens is 274 g/mol. The van der Waals surface area contributed by atoms with Gasteiger partial charge in [-0.1, -0.05) is 23.9 Å². The highest BCUT2D eigenvalue weighted by molar-refractivity contribution is 7.99. The molecule has 0 aromatic heterocycles. The van der Waals surface area contributed by atoms with Crippen LogP contribution in [-0.4, -0.2) is 31.4 Å². The van der Waals surface area contributed by atoms with Crippen molar-refractivity contribution in [3.8, 4) is 0 Å². The highest BCUT2D eigenvalue weighted by atomic mass is 32.2. The standard InChI is InChI=1S/C12H16F2N2O2S/c1-18-8(7-15)6-11(17)16-9-4-2-3-5-10(9)19-12(13)14/h2-5,8,12H,6-7,15H2,1H3,(H,16,17). The molecule has 1 atom stereocenters. The number of para-hydroxylation sites is 1. The van der Waals surface area contributed by atoms with Crippen molar-refractivity contribution in [3.63, 3.8) is 0 Å². The second kappa shape index (κ2) is 8.08. The number of hydrogen-bond donors (Lipinski definition) is 2. The number of nitrogens with two attached hydrogens (primary N) is 1. The molecular formula is C12H16F2N2O2S. The predicted molar refractivity (Wildman–Crippen MR) is 71.4 cm³/mol. The zero-order chi connectivity index (χ0) is 14.3. The van der Waals surface area contributed by atoms with Gasteiger partial charge in [0.15, 0.2) is 0 Å². The summed E-state index contributed by atoms with van der Waals surface area (Å²) in [6.07, 6.45) is -0.296. The van der Waals surface area contributed by atoms with E-state index in [9.17, 15) is 13.6 Å². The molecule has 0 saturated carbocycles. The van der Waals surface area contributed by atoms with Crippen LogP contribution in [0.4, 0.5) is 14.5 Å². The van der Waals surface area contributed by atoms with Gasteiger partial charge in [-0.15, -0.1) is 0 Å². The van der Waals surface area contributed by atoms with Gasteiger partial charge in [0.2, 0.25) is 5.91 Å². The number of thioether (sulfide) groups is 1. The SMILES string of the molecule is COC(CN)CC(=O)Nc1ccccc1SC(F)F. The number of alkyl halides is 2. The van der Waals surface area contributed by atoms with Crippen molar-refractivity contribution in [3.05, 3.63) is 24.3 Å². The maximum atomic E-state index is 12.4. The van der Waals surface area contributed by atoms with E-state index in [-0.39, 0.29) is 25.0 Å². The monoisotopic (exact) mass is 290 g/mol. The number of rotatable bonds is 7. The maximum Gasteiger partial charge on any atom is 0.288 e. The Morgan fingerprint density at radius 1 is 1.47 bits per heavy atom. The molecule has 1 unspecified atom stereocenters. The molecule has 19 heavy (non-hydrogen) atoms. The normalized spacial score (nSPS) is 12.5. The van der Waals surface area contributed by atoms with E-state index in [1.54, 1.807) is 18.2 Å². The molecule has 1 aromatic rings. The van der Waals surface area contributed by atoms with E-state index in [4.69, 9.17) is 10.5 Å². The van der Waals surface area contributed by atoms with Crippen LogP contribution < -0.4 is 11.1 Å². The summed E-state index contributed by atoms with van der Waals surface area (Å²) in [6, 6.07) is 6.41. The van der Waals surface area contributed by atoms with Crippen LogP contribution in [0.2, 0.25) is 0 Å². The number of halogens is 2. The van der Waals surface area contributed by atoms with Gasteiger partial charge in [-0.05, 0) is 12.1 Å². The topological polar surface area (TPSA) is 64.3 Å². The number of carbonyl (C=O) groups is 1. The lowest BCUT2D eigenvalue weighted by Gasteiger charge is -2.14. The summed E-state index contributed by atoms with van der Waals surface area (Å²) in [4.78, 5) is 12.1. The number of nitrogens with one attached hydrogen (secondary N) is 1. The van der Waals surface area contributed by atoms with Crippen LogP contribution in [0.3, 0.4) is 0 Å². The summed E-state index contributed by atoms with van der Waals surface area (Å²) in [6.45, 7) is 0.220. The second-order valence-electron chi connectivity index (χ2n) is 3.72. The Morgan fingerprint density at radius 2 is 2.16 bits per heavy atom. The van der Waals surface area contributed by atoms with E-state index in [0.29, 0.717) is 22.3 Å². The molecule has 1 amide bonds. The van der Waals surface area contributed by atoms with Crippen LogP contribution >= 0.6 is 11.8 Å². The molecule has 0 aliphatic heterocycles. The van der Waals surface area contributed by atoms with Gasteiger partial charge in [-0.25, -0.2) is 0 Å². The quantitative estimate of drug-likeness (QED) is 0.756. The van der Waals surface area contributed by atoms with E-state index >= 15 is 0 Å². The Labute approximate surface area is 114 Å². The second-order valence-corrected chi connectivity index (χ2v) is 4.75. The van der Waals surface area contributed by atoms with E-state index in [1.807, 2.05) is 0 Å². The Kier molecular flexibility index (Phi) is 6.75. The van der Waals surface area contributed by atoms with Crippen molar-refractivity contribution in [2.24, 2.45) is 5.73 Å². The number of benzene rings is 1. The van der Waals surface area contributed by atoms with Crippen molar-refractivity contribution in [1.82, 2.24) is 0 Å². The van der Waals surface area contributed by atoms with Crippen LogP contribution in [0, 0.1) is 0 Å². The largest absolute Gasteiger partial charge is 0.380 e. The molecule has 3 N–H and O–H groups in total. The number of amides is 1. The van der Waals surface area contributed by atoms with E-state index in [0.717, 1.165) is 0 Å². The van der Waals surface area contributed by atoms with Crippen LogP contribution in [0.5, 0.6) is 0 Å². The van der Waals surface area contributed by atoms with Crippen LogP contribution in [0.15, 0.2) is 29.2 Å². The third-order valence-electron chi connectivity index (χ3n) is 2.39. The molecule has 0 aliphatic carbocycles. The van der Waals surface area contributed by atoms with Gasteiger partial charge >= 0.3 is 0 Å². The first-order chi connectivity index (χ1) is 9.06. The van der Waals surface area contributed by atoms with Crippen molar-refractivity contribution in [2.75, 3.05) is 19.0 Å². The zero-order valence-corrected chi connectivity index (χ0v) is 11.3. The molecule has 4 nitrogen and oxygen atoms in total. The fourth-order valence-electron chi connectivity index (χ4n) is 1.44. The summed E-state index contributed by atoms with van der Waals surface area (Å²) >= 11 is 0.393. The number of anilines is 1. The first-order valence-corrected chi connectivity index (χ1v) is 6.51. The fraction of sp³-hybridized carbons (Fsp3) is 0.417. The molecule has 7 heteroatoms. The average molecular weight is 290 g/mol. The van der Waals surface area contributed by atoms with E-state index in [2.05, 4.69) is 5.32 Å². The third-order valence-corrected chi connectivity index (χ3v) is 3.17. The summed E-state index contributed by atoms with van der Waals surface area (Å²) in [7, 11) is 1.46. The summed E-state index contributed by atoms with van der Waals surface area (Å²) < 4.78 is 29.7. The maximum absolute atomic E-state index is 12.4. The first-order valence-electron chi connectivity index (χ1n) is 5.63. The minimum absolute atomic E-state index is 0.0840. The Morgan fingerprint density at radius 3 is 2.74 bits per heavy atom. The lowest BCUT2D eigenvalue weighted by molar-refractivity contribution is -0.118. The molecule has 0 aliphatic rings. The lowest BCUT2D eigenvalue weighted by atomic mass is 10.2. The highest BCUT2D eigenvalue weighted by Gasteiger charge is 2.14. The predicted octanol–water partition coefficient (Wildman–Crippen LogP) is 2.30. The van der Waals surface area contributed by atoms with Gasteiger partial charge in [-0.2, -0.15) is 8.78 Å². The molecule has 0 spiro atoms. The average Bonchev–Trinajstić information content (AvgIpc) is 2.37. The molecule has 1 rings (SSSR count). The van der Waals surface area contributed by atoms with Gasteiger partial charge in [0.25, 0.3) is 5.76 Å². The molecule has 0 radical (unpaired) electrons. The first kappa shape index (κ1) is 15.9. The highest BCUT2D eigenvalue weighted by Crippen LogP contribution is 2.31. The smallest absolute Gasteiger partial charge is 0.288 e.